The first kappa shape index (κ1) is 26.1. The van der Waals surface area contributed by atoms with E-state index in [1.165, 1.54) is 22.3 Å². The van der Waals surface area contributed by atoms with Crippen molar-refractivity contribution in [1.29, 1.82) is 0 Å². The minimum Gasteiger partial charge on any atom is -0.448 e. The molecule has 0 spiro atoms. The summed E-state index contributed by atoms with van der Waals surface area (Å²) in [6, 6.07) is 16.2. The van der Waals surface area contributed by atoms with E-state index in [2.05, 4.69) is 24.3 Å². The molecule has 2 saturated heterocycles. The summed E-state index contributed by atoms with van der Waals surface area (Å²) >= 11 is 0. The summed E-state index contributed by atoms with van der Waals surface area (Å²) in [4.78, 5) is 15.1. The van der Waals surface area contributed by atoms with Crippen LogP contribution in [0, 0.1) is 0 Å². The van der Waals surface area contributed by atoms with Crippen molar-refractivity contribution in [3.05, 3.63) is 59.7 Å². The zero-order valence-corrected chi connectivity index (χ0v) is 21.5. The largest absolute Gasteiger partial charge is 0.448 e. The number of fused-ring (bicyclic) bond motifs is 5. The molecule has 3 aliphatic rings. The highest BCUT2D eigenvalue weighted by atomic mass is 16.6. The summed E-state index contributed by atoms with van der Waals surface area (Å²) in [5.74, 6) is 0.0183. The van der Waals surface area contributed by atoms with Gasteiger partial charge in [0.05, 0.1) is 57.3 Å². The normalized spacial score (nSPS) is 24.5. The summed E-state index contributed by atoms with van der Waals surface area (Å²) in [6.07, 6.45) is 1.08. The van der Waals surface area contributed by atoms with Gasteiger partial charge < -0.3 is 28.8 Å². The molecule has 1 N–H and O–H groups in total. The topological polar surface area (TPSA) is 86.7 Å². The number of piperidine rings is 1. The lowest BCUT2D eigenvalue weighted by atomic mass is 9.79. The highest BCUT2D eigenvalue weighted by Gasteiger charge is 2.48. The van der Waals surface area contributed by atoms with Crippen LogP contribution in [0.3, 0.4) is 0 Å². The molecule has 2 aromatic rings. The Hall–Kier alpha value is -2.49. The molecular weight excluding hydrogens is 474 g/mol. The van der Waals surface area contributed by atoms with E-state index in [0.29, 0.717) is 65.5 Å². The van der Waals surface area contributed by atoms with Gasteiger partial charge in [0.15, 0.2) is 0 Å². The number of hydrogen-bond acceptors (Lipinski definition) is 7. The van der Waals surface area contributed by atoms with Crippen LogP contribution in [0.2, 0.25) is 0 Å². The van der Waals surface area contributed by atoms with Crippen LogP contribution < -0.4 is 0 Å². The fourth-order valence-corrected chi connectivity index (χ4v) is 5.97. The van der Waals surface area contributed by atoms with E-state index in [4.69, 9.17) is 23.7 Å². The molecule has 37 heavy (non-hydrogen) atoms. The van der Waals surface area contributed by atoms with E-state index in [1.54, 1.807) is 12.0 Å². The lowest BCUT2D eigenvalue weighted by Crippen LogP contribution is -2.63. The van der Waals surface area contributed by atoms with Gasteiger partial charge in [0.1, 0.15) is 6.61 Å². The maximum absolute atomic E-state index is 13.3. The number of amides is 1. The van der Waals surface area contributed by atoms with Gasteiger partial charge in [0.2, 0.25) is 0 Å². The molecule has 8 nitrogen and oxygen atoms in total. The van der Waals surface area contributed by atoms with Gasteiger partial charge in [-0.2, -0.15) is 0 Å². The second-order valence-electron chi connectivity index (χ2n) is 10.2. The standard InChI is InChI=1S/C29H37NO7/c1-33-12-13-35-15-14-34-11-10-29(32)16-21-18-36-19-22(17-29)30(21)28(31)37-20-27-25-8-4-2-6-23(25)24-7-3-5-9-26(24)27/h2-9,21-22,27,32H,10-20H2,1H3. The second kappa shape index (κ2) is 11.9. The maximum atomic E-state index is 13.3. The van der Waals surface area contributed by atoms with Crippen LogP contribution in [-0.2, 0) is 23.7 Å². The first-order valence-corrected chi connectivity index (χ1v) is 13.2. The van der Waals surface area contributed by atoms with Gasteiger partial charge in [-0.1, -0.05) is 48.5 Å². The summed E-state index contributed by atoms with van der Waals surface area (Å²) in [5, 5.41) is 11.3. The Morgan fingerprint density at radius 2 is 1.49 bits per heavy atom. The van der Waals surface area contributed by atoms with E-state index >= 15 is 0 Å². The molecule has 0 aromatic heterocycles. The Morgan fingerprint density at radius 1 is 0.919 bits per heavy atom. The van der Waals surface area contributed by atoms with Gasteiger partial charge in [0, 0.05) is 19.6 Å². The van der Waals surface area contributed by atoms with Gasteiger partial charge in [-0.25, -0.2) is 4.79 Å². The Balaban J connectivity index is 1.15. The fourth-order valence-electron chi connectivity index (χ4n) is 5.97. The lowest BCUT2D eigenvalue weighted by Gasteiger charge is -2.50. The quantitative estimate of drug-likeness (QED) is 0.462. The second-order valence-corrected chi connectivity index (χ2v) is 10.2. The number of nitrogens with zero attached hydrogens (tertiary/aromatic N) is 1. The molecule has 2 aliphatic heterocycles. The Labute approximate surface area is 218 Å². The number of carbonyl (C=O) groups excluding carboxylic acids is 1. The summed E-state index contributed by atoms with van der Waals surface area (Å²) in [6.45, 7) is 3.60. The third-order valence-corrected chi connectivity index (χ3v) is 7.70. The van der Waals surface area contributed by atoms with Crippen LogP contribution in [0.25, 0.3) is 11.1 Å². The molecule has 2 atom stereocenters. The minimum atomic E-state index is -0.893. The molecule has 1 aliphatic carbocycles. The number of rotatable bonds is 11. The number of benzene rings is 2. The van der Waals surface area contributed by atoms with Crippen molar-refractivity contribution < 1.29 is 33.6 Å². The summed E-state index contributed by atoms with van der Waals surface area (Å²) < 4.78 is 27.7. The molecule has 2 aromatic carbocycles. The molecule has 0 saturated carbocycles. The number of hydrogen-bond donors (Lipinski definition) is 1. The van der Waals surface area contributed by atoms with Crippen molar-refractivity contribution >= 4 is 6.09 Å². The van der Waals surface area contributed by atoms with Crippen molar-refractivity contribution in [1.82, 2.24) is 4.90 Å². The van der Waals surface area contributed by atoms with Crippen LogP contribution in [0.15, 0.2) is 48.5 Å². The van der Waals surface area contributed by atoms with Crippen LogP contribution >= 0.6 is 0 Å². The average molecular weight is 512 g/mol. The predicted molar refractivity (Wildman–Crippen MR) is 138 cm³/mol. The monoisotopic (exact) mass is 511 g/mol. The molecule has 5 rings (SSSR count). The van der Waals surface area contributed by atoms with Gasteiger partial charge in [-0.05, 0) is 41.5 Å². The zero-order chi connectivity index (χ0) is 25.7. The van der Waals surface area contributed by atoms with E-state index in [1.807, 2.05) is 24.3 Å². The van der Waals surface area contributed by atoms with Crippen molar-refractivity contribution in [3.63, 3.8) is 0 Å². The molecular formula is C29H37NO7. The number of morpholine rings is 1. The SMILES string of the molecule is COCCOCCOCCC1(O)CC2COCC(C1)N2C(=O)OCC1c2ccccc2-c2ccccc21. The Kier molecular flexibility index (Phi) is 8.42. The Bertz CT molecular complexity index is 1000. The molecule has 2 fully saturated rings. The number of carbonyl (C=O) groups is 1. The molecule has 2 unspecified atom stereocenters. The van der Waals surface area contributed by atoms with Crippen LogP contribution in [0.5, 0.6) is 0 Å². The number of aliphatic hydroxyl groups is 1. The van der Waals surface area contributed by atoms with Crippen molar-refractivity contribution in [2.75, 3.05) is 60.0 Å². The predicted octanol–water partition coefficient (Wildman–Crippen LogP) is 3.60. The summed E-state index contributed by atoms with van der Waals surface area (Å²) in [7, 11) is 1.64. The van der Waals surface area contributed by atoms with Crippen LogP contribution in [0.1, 0.15) is 36.3 Å². The first-order chi connectivity index (χ1) is 18.1. The van der Waals surface area contributed by atoms with Gasteiger partial charge >= 0.3 is 6.09 Å². The van der Waals surface area contributed by atoms with Gasteiger partial charge in [-0.3, -0.25) is 4.90 Å². The number of methoxy groups -OCH3 is 1. The van der Waals surface area contributed by atoms with E-state index in [9.17, 15) is 9.90 Å². The van der Waals surface area contributed by atoms with Gasteiger partial charge in [0.25, 0.3) is 0 Å². The smallest absolute Gasteiger partial charge is 0.410 e. The highest BCUT2D eigenvalue weighted by Crippen LogP contribution is 2.45. The third-order valence-electron chi connectivity index (χ3n) is 7.70. The molecule has 200 valence electrons. The lowest BCUT2D eigenvalue weighted by molar-refractivity contribution is -0.140. The highest BCUT2D eigenvalue weighted by molar-refractivity contribution is 5.79. The van der Waals surface area contributed by atoms with Crippen LogP contribution in [-0.4, -0.2) is 93.7 Å². The molecule has 2 bridgehead atoms. The molecule has 0 radical (unpaired) electrons. The minimum absolute atomic E-state index is 0.0183. The molecule has 8 heteroatoms. The van der Waals surface area contributed by atoms with E-state index in [0.717, 1.165) is 0 Å². The summed E-state index contributed by atoms with van der Waals surface area (Å²) in [5.41, 5.74) is 3.90. The fraction of sp³-hybridized carbons (Fsp3) is 0.552. The average Bonchev–Trinajstić information content (AvgIpc) is 3.22. The van der Waals surface area contributed by atoms with Crippen LogP contribution in [0.4, 0.5) is 4.79 Å². The van der Waals surface area contributed by atoms with Gasteiger partial charge in [-0.15, -0.1) is 0 Å². The Morgan fingerprint density at radius 3 is 2.11 bits per heavy atom. The zero-order valence-electron chi connectivity index (χ0n) is 21.5. The molecule has 1 amide bonds. The number of ether oxygens (including phenoxy) is 5. The van der Waals surface area contributed by atoms with E-state index < -0.39 is 5.60 Å². The van der Waals surface area contributed by atoms with Crippen molar-refractivity contribution in [2.45, 2.75) is 42.9 Å². The third kappa shape index (κ3) is 5.84. The molecule has 2 heterocycles. The maximum Gasteiger partial charge on any atom is 0.410 e. The van der Waals surface area contributed by atoms with Crippen molar-refractivity contribution in [2.24, 2.45) is 0 Å². The first-order valence-electron chi connectivity index (χ1n) is 13.2. The van der Waals surface area contributed by atoms with E-state index in [-0.39, 0.29) is 30.7 Å². The van der Waals surface area contributed by atoms with Crippen molar-refractivity contribution in [3.8, 4) is 11.1 Å².